The summed E-state index contributed by atoms with van der Waals surface area (Å²) in [6.45, 7) is 4.54. The van der Waals surface area contributed by atoms with Crippen LogP contribution in [0, 0.1) is 17.6 Å². The largest absolute Gasteiger partial charge is 0.496 e. The second kappa shape index (κ2) is 13.1. The predicted molar refractivity (Wildman–Crippen MR) is 170 cm³/mol. The van der Waals surface area contributed by atoms with Crippen LogP contribution in [-0.4, -0.2) is 72.4 Å². The maximum Gasteiger partial charge on any atom is 0.240 e. The van der Waals surface area contributed by atoms with Crippen LogP contribution in [-0.2, 0) is 16.6 Å². The summed E-state index contributed by atoms with van der Waals surface area (Å²) in [5, 5.41) is 9.18. The van der Waals surface area contributed by atoms with Gasteiger partial charge in [0.05, 0.1) is 29.5 Å². The molecular weight excluding hydrogens is 614 g/mol. The number of Topliss-reactive ketones (excluding diaryl/α,β-unsaturated/α-hetero) is 1. The highest BCUT2D eigenvalue weighted by atomic mass is 32.2. The number of carbonyl (C=O) groups is 1. The van der Waals surface area contributed by atoms with E-state index in [9.17, 15) is 22.0 Å². The maximum atomic E-state index is 14.4. The van der Waals surface area contributed by atoms with Crippen molar-refractivity contribution in [2.45, 2.75) is 31.2 Å². The number of H-pyrrole nitrogens is 1. The lowest BCUT2D eigenvalue weighted by Crippen LogP contribution is -2.40. The van der Waals surface area contributed by atoms with Gasteiger partial charge in [0.2, 0.25) is 10.0 Å². The zero-order chi connectivity index (χ0) is 32.4. The minimum absolute atomic E-state index is 0.102. The van der Waals surface area contributed by atoms with Gasteiger partial charge in [-0.3, -0.25) is 9.48 Å². The number of ketones is 1. The number of halogens is 2. The molecule has 240 valence electrons. The lowest BCUT2D eigenvalue weighted by Gasteiger charge is -2.31. The number of likely N-dealkylation sites (tertiary alicyclic amines) is 1. The first kappa shape index (κ1) is 31.5. The summed E-state index contributed by atoms with van der Waals surface area (Å²) in [5.74, 6) is -0.299. The van der Waals surface area contributed by atoms with Crippen molar-refractivity contribution in [2.24, 2.45) is 5.92 Å². The van der Waals surface area contributed by atoms with Crippen molar-refractivity contribution < 1.29 is 26.7 Å². The van der Waals surface area contributed by atoms with Crippen LogP contribution in [0.3, 0.4) is 0 Å². The van der Waals surface area contributed by atoms with Crippen LogP contribution >= 0.6 is 0 Å². The molecule has 3 heterocycles. The third-order valence-corrected chi connectivity index (χ3v) is 9.91. The standard InChI is InChI=1S/C33H34F2N6O4S/c1-21(42)33-32(26-18-24(34)8-11-28(26)37-33)29-20-41(39-38-29)19-22-12-15-40(16-13-22)17-14-36-46(43,44)25-9-6-23(7-10-25)31-27(35)4-3-5-30(31)45-2/h3-11,18,20,22,36-37H,12-17,19H2,1-2H3. The second-order valence-corrected chi connectivity index (χ2v) is 13.2. The van der Waals surface area contributed by atoms with Gasteiger partial charge in [0, 0.05) is 43.0 Å². The van der Waals surface area contributed by atoms with Crippen molar-refractivity contribution in [3.8, 4) is 28.1 Å². The molecule has 0 unspecified atom stereocenters. The van der Waals surface area contributed by atoms with Gasteiger partial charge in [0.25, 0.3) is 0 Å². The maximum absolute atomic E-state index is 14.4. The third-order valence-electron chi connectivity index (χ3n) is 8.43. The number of fused-ring (bicyclic) bond motifs is 1. The van der Waals surface area contributed by atoms with E-state index in [0.29, 0.717) is 58.2 Å². The van der Waals surface area contributed by atoms with Crippen LogP contribution in [0.25, 0.3) is 33.3 Å². The number of aromatic amines is 1. The molecule has 13 heteroatoms. The number of piperidine rings is 1. The van der Waals surface area contributed by atoms with Gasteiger partial charge in [-0.15, -0.1) is 5.10 Å². The molecule has 6 rings (SSSR count). The van der Waals surface area contributed by atoms with Gasteiger partial charge < -0.3 is 14.6 Å². The summed E-state index contributed by atoms with van der Waals surface area (Å²) < 4.78 is 64.0. The van der Waals surface area contributed by atoms with Crippen LogP contribution in [0.2, 0.25) is 0 Å². The van der Waals surface area contributed by atoms with Gasteiger partial charge in [-0.1, -0.05) is 23.4 Å². The lowest BCUT2D eigenvalue weighted by molar-refractivity contribution is 0.101. The van der Waals surface area contributed by atoms with E-state index in [2.05, 4.69) is 24.9 Å². The number of carbonyl (C=O) groups excluding carboxylic acids is 1. The number of hydrogen-bond donors (Lipinski definition) is 2. The third kappa shape index (κ3) is 6.57. The highest BCUT2D eigenvalue weighted by Crippen LogP contribution is 2.34. The van der Waals surface area contributed by atoms with Crippen LogP contribution in [0.4, 0.5) is 8.78 Å². The zero-order valence-corrected chi connectivity index (χ0v) is 26.3. The molecule has 2 aromatic heterocycles. The molecule has 0 spiro atoms. The molecule has 1 saturated heterocycles. The highest BCUT2D eigenvalue weighted by Gasteiger charge is 2.23. The van der Waals surface area contributed by atoms with E-state index in [4.69, 9.17) is 4.74 Å². The second-order valence-electron chi connectivity index (χ2n) is 11.5. The quantitative estimate of drug-likeness (QED) is 0.187. The minimum atomic E-state index is -3.74. The van der Waals surface area contributed by atoms with Crippen LogP contribution in [0.5, 0.6) is 5.75 Å². The molecule has 5 aromatic rings. The number of hydrogen-bond acceptors (Lipinski definition) is 7. The fourth-order valence-electron chi connectivity index (χ4n) is 6.03. The number of ether oxygens (including phenoxy) is 1. The molecule has 0 amide bonds. The number of nitrogens with zero attached hydrogens (tertiary/aromatic N) is 4. The van der Waals surface area contributed by atoms with Gasteiger partial charge in [-0.05, 0) is 79.9 Å². The van der Waals surface area contributed by atoms with E-state index in [1.807, 2.05) is 0 Å². The fraction of sp³-hybridized carbons (Fsp3) is 0.303. The Morgan fingerprint density at radius 3 is 2.54 bits per heavy atom. The Labute approximate surface area is 265 Å². The van der Waals surface area contributed by atoms with E-state index in [-0.39, 0.29) is 22.8 Å². The van der Waals surface area contributed by atoms with Gasteiger partial charge >= 0.3 is 0 Å². The smallest absolute Gasteiger partial charge is 0.240 e. The van der Waals surface area contributed by atoms with Crippen molar-refractivity contribution in [3.05, 3.63) is 84.2 Å². The van der Waals surface area contributed by atoms with E-state index in [1.54, 1.807) is 41.2 Å². The SMILES string of the molecule is COc1cccc(F)c1-c1ccc(S(=O)(=O)NCCN2CCC(Cn3cc(-c4c(C(C)=O)[nH]c5ccc(F)cc45)nn3)CC2)cc1. The van der Waals surface area contributed by atoms with Gasteiger partial charge in [-0.25, -0.2) is 21.9 Å². The summed E-state index contributed by atoms with van der Waals surface area (Å²) in [4.78, 5) is 17.7. The Kier molecular flexibility index (Phi) is 8.98. The summed E-state index contributed by atoms with van der Waals surface area (Å²) in [6, 6.07) is 14.9. The monoisotopic (exact) mass is 648 g/mol. The number of sulfonamides is 1. The molecule has 1 fully saturated rings. The average molecular weight is 649 g/mol. The van der Waals surface area contributed by atoms with Crippen LogP contribution < -0.4 is 9.46 Å². The Hall–Kier alpha value is -4.46. The Morgan fingerprint density at radius 1 is 1.07 bits per heavy atom. The van der Waals surface area contributed by atoms with Crippen molar-refractivity contribution in [1.82, 2.24) is 29.6 Å². The van der Waals surface area contributed by atoms with E-state index in [0.717, 1.165) is 25.9 Å². The lowest BCUT2D eigenvalue weighted by atomic mass is 9.97. The first-order valence-corrected chi connectivity index (χ1v) is 16.5. The van der Waals surface area contributed by atoms with Crippen molar-refractivity contribution in [2.75, 3.05) is 33.3 Å². The minimum Gasteiger partial charge on any atom is -0.496 e. The summed E-state index contributed by atoms with van der Waals surface area (Å²) >= 11 is 0. The summed E-state index contributed by atoms with van der Waals surface area (Å²) in [6.07, 6.45) is 3.60. The number of methoxy groups -OCH3 is 1. The number of rotatable bonds is 11. The molecular formula is C33H34F2N6O4S. The normalized spacial score (nSPS) is 14.6. The van der Waals surface area contributed by atoms with Crippen LogP contribution in [0.15, 0.2) is 71.8 Å². The molecule has 46 heavy (non-hydrogen) atoms. The van der Waals surface area contributed by atoms with Gasteiger partial charge in [-0.2, -0.15) is 0 Å². The Bertz CT molecular complexity index is 1980. The Balaban J connectivity index is 1.01. The van der Waals surface area contributed by atoms with E-state index < -0.39 is 21.7 Å². The molecule has 2 N–H and O–H groups in total. The van der Waals surface area contributed by atoms with E-state index >= 15 is 0 Å². The molecule has 0 atom stereocenters. The number of aromatic nitrogens is 4. The van der Waals surface area contributed by atoms with Crippen molar-refractivity contribution in [1.29, 1.82) is 0 Å². The molecule has 3 aromatic carbocycles. The first-order chi connectivity index (χ1) is 22.1. The average Bonchev–Trinajstić information content (AvgIpc) is 3.66. The molecule has 0 aliphatic carbocycles. The van der Waals surface area contributed by atoms with E-state index in [1.165, 1.54) is 44.4 Å². The van der Waals surface area contributed by atoms with Gasteiger partial charge in [0.15, 0.2) is 5.78 Å². The molecule has 10 nitrogen and oxygen atoms in total. The number of nitrogens with one attached hydrogen (secondary N) is 2. The van der Waals surface area contributed by atoms with Crippen molar-refractivity contribution in [3.63, 3.8) is 0 Å². The fourth-order valence-corrected chi connectivity index (χ4v) is 7.05. The zero-order valence-electron chi connectivity index (χ0n) is 25.5. The topological polar surface area (TPSA) is 122 Å². The Morgan fingerprint density at radius 2 is 1.83 bits per heavy atom. The number of benzene rings is 3. The summed E-state index contributed by atoms with van der Waals surface area (Å²) in [5.41, 5.74) is 2.89. The first-order valence-electron chi connectivity index (χ1n) is 15.0. The van der Waals surface area contributed by atoms with Crippen LogP contribution in [0.1, 0.15) is 30.3 Å². The highest BCUT2D eigenvalue weighted by molar-refractivity contribution is 7.89. The molecule has 1 aliphatic rings. The molecule has 0 saturated carbocycles. The van der Waals surface area contributed by atoms with Crippen molar-refractivity contribution >= 4 is 26.7 Å². The van der Waals surface area contributed by atoms with Gasteiger partial charge in [0.1, 0.15) is 23.1 Å². The molecule has 0 bridgehead atoms. The summed E-state index contributed by atoms with van der Waals surface area (Å²) in [7, 11) is -2.28. The molecule has 0 radical (unpaired) electrons. The predicted octanol–water partition coefficient (Wildman–Crippen LogP) is 5.27. The molecule has 1 aliphatic heterocycles.